The highest BCUT2D eigenvalue weighted by molar-refractivity contribution is 6.30. The fourth-order valence-electron chi connectivity index (χ4n) is 2.19. The van der Waals surface area contributed by atoms with E-state index in [9.17, 15) is 9.59 Å². The maximum absolute atomic E-state index is 12.2. The molecule has 0 radical (unpaired) electrons. The highest BCUT2D eigenvalue weighted by atomic mass is 35.5. The normalized spacial score (nSPS) is 11.6. The highest BCUT2D eigenvalue weighted by Gasteiger charge is 2.20. The van der Waals surface area contributed by atoms with Gasteiger partial charge in [-0.3, -0.25) is 9.59 Å². The maximum Gasteiger partial charge on any atom is 0.311 e. The molecule has 2 aromatic rings. The van der Waals surface area contributed by atoms with Crippen molar-refractivity contribution >= 4 is 23.5 Å². The van der Waals surface area contributed by atoms with Gasteiger partial charge >= 0.3 is 5.97 Å². The van der Waals surface area contributed by atoms with Gasteiger partial charge in [-0.2, -0.15) is 0 Å². The molecule has 0 bridgehead atoms. The topological polar surface area (TPSA) is 55.4 Å². The third-order valence-corrected chi connectivity index (χ3v) is 3.76. The van der Waals surface area contributed by atoms with Gasteiger partial charge in [0.15, 0.2) is 6.10 Å². The van der Waals surface area contributed by atoms with Crippen LogP contribution in [0.3, 0.4) is 0 Å². The van der Waals surface area contributed by atoms with Crippen molar-refractivity contribution in [2.24, 2.45) is 0 Å². The molecule has 4 nitrogen and oxygen atoms in total. The molecule has 2 aromatic carbocycles. The Kier molecular flexibility index (Phi) is 6.82. The molecule has 0 aromatic heterocycles. The zero-order valence-corrected chi connectivity index (χ0v) is 14.3. The molecule has 0 saturated carbocycles. The Hall–Kier alpha value is -2.33. The molecule has 0 fully saturated rings. The molecule has 1 atom stereocenters. The van der Waals surface area contributed by atoms with Gasteiger partial charge in [-0.15, -0.1) is 0 Å². The Balaban J connectivity index is 1.84. The van der Waals surface area contributed by atoms with Gasteiger partial charge in [-0.25, -0.2) is 0 Å². The number of carbonyl (C=O) groups is 2. The second-order valence-corrected chi connectivity index (χ2v) is 5.83. The zero-order chi connectivity index (χ0) is 17.4. The van der Waals surface area contributed by atoms with Gasteiger partial charge in [0, 0.05) is 11.6 Å². The van der Waals surface area contributed by atoms with Gasteiger partial charge in [0.1, 0.15) is 0 Å². The van der Waals surface area contributed by atoms with Crippen molar-refractivity contribution in [2.75, 3.05) is 0 Å². The largest absolute Gasteiger partial charge is 0.452 e. The molecule has 1 amide bonds. The van der Waals surface area contributed by atoms with Crippen molar-refractivity contribution in [3.8, 4) is 0 Å². The van der Waals surface area contributed by atoms with E-state index in [1.807, 2.05) is 37.3 Å². The van der Waals surface area contributed by atoms with Gasteiger partial charge in [0.2, 0.25) is 0 Å². The number of rotatable bonds is 7. The SMILES string of the molecule is CC[C@@H](OC(=O)Cc1ccc(Cl)cc1)C(=O)NCc1ccccc1. The van der Waals surface area contributed by atoms with Crippen molar-refractivity contribution in [3.05, 3.63) is 70.7 Å². The number of benzene rings is 2. The molecular formula is C19H20ClNO3. The van der Waals surface area contributed by atoms with Crippen molar-refractivity contribution in [1.29, 1.82) is 0 Å². The lowest BCUT2D eigenvalue weighted by atomic mass is 10.1. The van der Waals surface area contributed by atoms with Gasteiger partial charge in [-0.05, 0) is 29.7 Å². The van der Waals surface area contributed by atoms with Gasteiger partial charge in [0.25, 0.3) is 5.91 Å². The Labute approximate surface area is 146 Å². The summed E-state index contributed by atoms with van der Waals surface area (Å²) in [6.45, 7) is 2.22. The monoisotopic (exact) mass is 345 g/mol. The van der Waals surface area contributed by atoms with Gasteiger partial charge < -0.3 is 10.1 Å². The highest BCUT2D eigenvalue weighted by Crippen LogP contribution is 2.11. The smallest absolute Gasteiger partial charge is 0.311 e. The molecule has 0 spiro atoms. The minimum atomic E-state index is -0.784. The zero-order valence-electron chi connectivity index (χ0n) is 13.5. The summed E-state index contributed by atoms with van der Waals surface area (Å²) < 4.78 is 5.30. The number of hydrogen-bond acceptors (Lipinski definition) is 3. The number of nitrogens with one attached hydrogen (secondary N) is 1. The lowest BCUT2D eigenvalue weighted by Crippen LogP contribution is -2.37. The summed E-state index contributed by atoms with van der Waals surface area (Å²) >= 11 is 5.81. The molecule has 0 heterocycles. The first-order valence-corrected chi connectivity index (χ1v) is 8.22. The molecule has 5 heteroatoms. The Bertz CT molecular complexity index is 671. The predicted molar refractivity (Wildman–Crippen MR) is 93.6 cm³/mol. The Morgan fingerprint density at radius 1 is 1.04 bits per heavy atom. The van der Waals surface area contributed by atoms with Crippen molar-refractivity contribution in [2.45, 2.75) is 32.4 Å². The van der Waals surface area contributed by atoms with Crippen LogP contribution >= 0.6 is 11.6 Å². The van der Waals surface area contributed by atoms with E-state index in [1.54, 1.807) is 24.3 Å². The summed E-state index contributed by atoms with van der Waals surface area (Å²) in [5.74, 6) is -0.718. The van der Waals surface area contributed by atoms with Gasteiger partial charge in [0.05, 0.1) is 6.42 Å². The van der Waals surface area contributed by atoms with Crippen LogP contribution in [-0.2, 0) is 27.3 Å². The number of ether oxygens (including phenoxy) is 1. The third-order valence-electron chi connectivity index (χ3n) is 3.51. The number of carbonyl (C=O) groups excluding carboxylic acids is 2. The number of esters is 1. The minimum absolute atomic E-state index is 0.111. The Morgan fingerprint density at radius 2 is 1.71 bits per heavy atom. The summed E-state index contributed by atoms with van der Waals surface area (Å²) in [6.07, 6.45) is -0.249. The van der Waals surface area contributed by atoms with Gasteiger partial charge in [-0.1, -0.05) is 61.0 Å². The van der Waals surface area contributed by atoms with E-state index in [2.05, 4.69) is 5.32 Å². The number of halogens is 1. The molecule has 24 heavy (non-hydrogen) atoms. The summed E-state index contributed by atoms with van der Waals surface area (Å²) in [6, 6.07) is 16.5. The Morgan fingerprint density at radius 3 is 2.33 bits per heavy atom. The van der Waals surface area contributed by atoms with Crippen LogP contribution in [0.25, 0.3) is 0 Å². The quantitative estimate of drug-likeness (QED) is 0.781. The molecule has 126 valence electrons. The first-order valence-electron chi connectivity index (χ1n) is 7.84. The van der Waals surface area contributed by atoms with Crippen LogP contribution in [0, 0.1) is 0 Å². The van der Waals surface area contributed by atoms with Crippen molar-refractivity contribution in [1.82, 2.24) is 5.32 Å². The van der Waals surface area contributed by atoms with E-state index < -0.39 is 12.1 Å². The molecule has 1 N–H and O–H groups in total. The summed E-state index contributed by atoms with van der Waals surface area (Å²) in [4.78, 5) is 24.2. The van der Waals surface area contributed by atoms with Crippen LogP contribution < -0.4 is 5.32 Å². The van der Waals surface area contributed by atoms with Crippen LogP contribution in [0.15, 0.2) is 54.6 Å². The predicted octanol–water partition coefficient (Wildman–Crippen LogP) is 3.52. The van der Waals surface area contributed by atoms with E-state index in [0.29, 0.717) is 18.0 Å². The second-order valence-electron chi connectivity index (χ2n) is 5.39. The molecule has 0 aliphatic rings. The van der Waals surface area contributed by atoms with E-state index >= 15 is 0 Å². The second kappa shape index (κ2) is 9.08. The summed E-state index contributed by atoms with van der Waals surface area (Å²) in [5.41, 5.74) is 1.79. The lowest BCUT2D eigenvalue weighted by Gasteiger charge is -2.16. The van der Waals surface area contributed by atoms with Crippen molar-refractivity contribution < 1.29 is 14.3 Å². The molecule has 0 saturated heterocycles. The molecule has 0 aliphatic carbocycles. The van der Waals surface area contributed by atoms with Crippen LogP contribution in [0.2, 0.25) is 5.02 Å². The minimum Gasteiger partial charge on any atom is -0.452 e. The molecule has 2 rings (SSSR count). The van der Waals surface area contributed by atoms with Crippen LogP contribution in [-0.4, -0.2) is 18.0 Å². The lowest BCUT2D eigenvalue weighted by molar-refractivity contribution is -0.155. The molecule has 0 unspecified atom stereocenters. The summed E-state index contributed by atoms with van der Waals surface area (Å²) in [7, 11) is 0. The summed E-state index contributed by atoms with van der Waals surface area (Å²) in [5, 5.41) is 3.40. The van der Waals surface area contributed by atoms with Crippen LogP contribution in [0.4, 0.5) is 0 Å². The first kappa shape index (κ1) is 18.0. The third kappa shape index (κ3) is 5.70. The van der Waals surface area contributed by atoms with E-state index in [4.69, 9.17) is 16.3 Å². The average molecular weight is 346 g/mol. The number of amides is 1. The molecular weight excluding hydrogens is 326 g/mol. The van der Waals surface area contributed by atoms with Crippen molar-refractivity contribution in [3.63, 3.8) is 0 Å². The fourth-order valence-corrected chi connectivity index (χ4v) is 2.32. The fraction of sp³-hybridized carbons (Fsp3) is 0.263. The maximum atomic E-state index is 12.2. The van der Waals surface area contributed by atoms with Crippen LogP contribution in [0.5, 0.6) is 0 Å². The standard InChI is InChI=1S/C19H20ClNO3/c1-2-17(19(23)21-13-15-6-4-3-5-7-15)24-18(22)12-14-8-10-16(20)11-9-14/h3-11,17H,2,12-13H2,1H3,(H,21,23)/t17-/m1/s1. The number of hydrogen-bond donors (Lipinski definition) is 1. The van der Waals surface area contributed by atoms with E-state index in [0.717, 1.165) is 11.1 Å². The van der Waals surface area contributed by atoms with E-state index in [1.165, 1.54) is 0 Å². The van der Waals surface area contributed by atoms with E-state index in [-0.39, 0.29) is 12.3 Å². The molecule has 0 aliphatic heterocycles. The first-order chi connectivity index (χ1) is 11.6. The average Bonchev–Trinajstić information content (AvgIpc) is 2.60. The van der Waals surface area contributed by atoms with Crippen LogP contribution in [0.1, 0.15) is 24.5 Å².